The van der Waals surface area contributed by atoms with Gasteiger partial charge in [0.15, 0.2) is 0 Å². The second-order valence-electron chi connectivity index (χ2n) is 6.17. The number of amides is 2. The van der Waals surface area contributed by atoms with Crippen LogP contribution in [0.4, 0.5) is 0 Å². The van der Waals surface area contributed by atoms with Crippen LogP contribution in [0.1, 0.15) is 49.2 Å². The van der Waals surface area contributed by atoms with Gasteiger partial charge in [-0.15, -0.1) is 0 Å². The Morgan fingerprint density at radius 2 is 2.09 bits per heavy atom. The van der Waals surface area contributed by atoms with E-state index in [-0.39, 0.29) is 11.8 Å². The topological polar surface area (TPSA) is 80.3 Å². The van der Waals surface area contributed by atoms with Crippen molar-refractivity contribution in [2.75, 3.05) is 13.7 Å². The molecule has 0 aliphatic heterocycles. The summed E-state index contributed by atoms with van der Waals surface area (Å²) in [4.78, 5) is 24.9. The molecule has 0 unspecified atom stereocenters. The monoisotopic (exact) mass is 325 g/mol. The van der Waals surface area contributed by atoms with Crippen LogP contribution >= 0.6 is 11.5 Å². The smallest absolute Gasteiger partial charge is 0.263 e. The van der Waals surface area contributed by atoms with Gasteiger partial charge in [-0.25, -0.2) is 0 Å². The van der Waals surface area contributed by atoms with Gasteiger partial charge in [0.2, 0.25) is 11.8 Å². The van der Waals surface area contributed by atoms with E-state index in [4.69, 9.17) is 4.74 Å². The van der Waals surface area contributed by atoms with Crippen LogP contribution in [-0.4, -0.2) is 35.4 Å². The zero-order chi connectivity index (χ0) is 16.2. The first kappa shape index (κ1) is 16.7. The number of carbonyl (C=O) groups is 2. The van der Waals surface area contributed by atoms with Crippen molar-refractivity contribution < 1.29 is 14.3 Å². The zero-order valence-corrected chi connectivity index (χ0v) is 14.1. The Hall–Kier alpha value is -1.63. The molecule has 1 aromatic heterocycles. The molecule has 6 nitrogen and oxygen atoms in total. The van der Waals surface area contributed by atoms with Crippen LogP contribution in [0.15, 0.2) is 6.07 Å². The van der Waals surface area contributed by atoms with Gasteiger partial charge in [-0.05, 0) is 44.1 Å². The maximum atomic E-state index is 12.3. The van der Waals surface area contributed by atoms with E-state index in [1.807, 2.05) is 0 Å². The third kappa shape index (κ3) is 4.19. The van der Waals surface area contributed by atoms with Gasteiger partial charge in [-0.1, -0.05) is 12.8 Å². The largest absolute Gasteiger partial charge is 0.480 e. The van der Waals surface area contributed by atoms with E-state index in [2.05, 4.69) is 15.0 Å². The first-order valence-corrected chi connectivity index (χ1v) is 8.31. The molecule has 122 valence electrons. The highest BCUT2D eigenvalue weighted by Crippen LogP contribution is 2.24. The van der Waals surface area contributed by atoms with Crippen molar-refractivity contribution in [3.63, 3.8) is 0 Å². The van der Waals surface area contributed by atoms with Crippen LogP contribution in [0.2, 0.25) is 0 Å². The minimum atomic E-state index is -0.965. The number of ether oxygens (including phenoxy) is 1. The Kier molecular flexibility index (Phi) is 5.39. The summed E-state index contributed by atoms with van der Waals surface area (Å²) in [6.07, 6.45) is 4.84. The maximum absolute atomic E-state index is 12.3. The van der Waals surface area contributed by atoms with Crippen molar-refractivity contribution >= 4 is 23.3 Å². The van der Waals surface area contributed by atoms with Gasteiger partial charge >= 0.3 is 0 Å². The normalized spacial score (nSPS) is 15.6. The third-order valence-corrected chi connectivity index (χ3v) is 4.71. The van der Waals surface area contributed by atoms with Crippen molar-refractivity contribution in [3.05, 3.63) is 10.9 Å². The predicted octanol–water partition coefficient (Wildman–Crippen LogP) is 1.97. The Morgan fingerprint density at radius 1 is 1.41 bits per heavy atom. The quantitative estimate of drug-likeness (QED) is 0.838. The molecule has 0 aromatic carbocycles. The average Bonchev–Trinajstić information content (AvgIpc) is 3.15. The fraction of sp³-hybridized carbons (Fsp3) is 0.667. The Morgan fingerprint density at radius 3 is 2.68 bits per heavy atom. The molecule has 7 heteroatoms. The highest BCUT2D eigenvalue weighted by atomic mass is 32.1. The molecular weight excluding hydrogens is 302 g/mol. The number of methoxy groups -OCH3 is 1. The van der Waals surface area contributed by atoms with Gasteiger partial charge in [0, 0.05) is 12.6 Å². The van der Waals surface area contributed by atoms with Crippen LogP contribution in [0.25, 0.3) is 0 Å². The molecule has 2 rings (SSSR count). The summed E-state index contributed by atoms with van der Waals surface area (Å²) < 4.78 is 8.94. The van der Waals surface area contributed by atoms with Crippen LogP contribution in [0.5, 0.6) is 5.88 Å². The number of nitrogens with one attached hydrogen (secondary N) is 2. The van der Waals surface area contributed by atoms with Crippen molar-refractivity contribution in [3.8, 4) is 5.88 Å². The third-order valence-electron chi connectivity index (χ3n) is 3.94. The second-order valence-corrected chi connectivity index (χ2v) is 6.98. The summed E-state index contributed by atoms with van der Waals surface area (Å²) in [7, 11) is 1.50. The first-order valence-electron chi connectivity index (χ1n) is 7.54. The van der Waals surface area contributed by atoms with Gasteiger partial charge < -0.3 is 15.4 Å². The summed E-state index contributed by atoms with van der Waals surface area (Å²) in [6.45, 7) is 4.09. The number of aromatic nitrogens is 1. The molecule has 1 aromatic rings. The van der Waals surface area contributed by atoms with E-state index < -0.39 is 5.54 Å². The van der Waals surface area contributed by atoms with Crippen LogP contribution in [0.3, 0.4) is 0 Å². The summed E-state index contributed by atoms with van der Waals surface area (Å²) in [5.74, 6) is 0.492. The molecule has 1 aliphatic rings. The van der Waals surface area contributed by atoms with E-state index in [0.29, 0.717) is 23.2 Å². The van der Waals surface area contributed by atoms with Gasteiger partial charge in [-0.2, -0.15) is 4.37 Å². The lowest BCUT2D eigenvalue weighted by Crippen LogP contribution is -2.55. The molecule has 0 saturated heterocycles. The van der Waals surface area contributed by atoms with E-state index in [1.165, 1.54) is 32.8 Å². The molecule has 1 heterocycles. The summed E-state index contributed by atoms with van der Waals surface area (Å²) in [5.41, 5.74) is -0.965. The van der Waals surface area contributed by atoms with Crippen molar-refractivity contribution in [2.24, 2.45) is 5.92 Å². The van der Waals surface area contributed by atoms with Crippen LogP contribution < -0.4 is 15.4 Å². The Balaban J connectivity index is 1.87. The molecular formula is C15H23N3O3S. The van der Waals surface area contributed by atoms with Crippen LogP contribution in [-0.2, 0) is 4.79 Å². The van der Waals surface area contributed by atoms with Gasteiger partial charge in [0.25, 0.3) is 5.91 Å². The fourth-order valence-electron chi connectivity index (χ4n) is 2.54. The van der Waals surface area contributed by atoms with Crippen molar-refractivity contribution in [1.82, 2.24) is 15.0 Å². The second kappa shape index (κ2) is 7.09. The van der Waals surface area contributed by atoms with E-state index in [1.54, 1.807) is 19.9 Å². The molecule has 22 heavy (non-hydrogen) atoms. The molecule has 0 atom stereocenters. The summed E-state index contributed by atoms with van der Waals surface area (Å²) in [6, 6.07) is 1.56. The zero-order valence-electron chi connectivity index (χ0n) is 13.3. The molecule has 0 bridgehead atoms. The van der Waals surface area contributed by atoms with Gasteiger partial charge in [-0.3, -0.25) is 9.59 Å². The number of hydrogen-bond donors (Lipinski definition) is 2. The predicted molar refractivity (Wildman–Crippen MR) is 85.2 cm³/mol. The Labute approximate surface area is 134 Å². The number of rotatable bonds is 6. The first-order chi connectivity index (χ1) is 10.4. The van der Waals surface area contributed by atoms with E-state index in [0.717, 1.165) is 11.5 Å². The lowest BCUT2D eigenvalue weighted by molar-refractivity contribution is -0.126. The minimum Gasteiger partial charge on any atom is -0.480 e. The fourth-order valence-corrected chi connectivity index (χ4v) is 3.14. The SMILES string of the molecule is COc1cc(C(=O)NC(C)(C)C(=O)NCC2CCCC2)sn1. The number of carbonyl (C=O) groups excluding carboxylic acids is 2. The van der Waals surface area contributed by atoms with Crippen LogP contribution in [0, 0.1) is 5.92 Å². The highest BCUT2D eigenvalue weighted by Gasteiger charge is 2.31. The average molecular weight is 325 g/mol. The number of hydrogen-bond acceptors (Lipinski definition) is 5. The maximum Gasteiger partial charge on any atom is 0.263 e. The van der Waals surface area contributed by atoms with E-state index >= 15 is 0 Å². The van der Waals surface area contributed by atoms with Crippen molar-refractivity contribution in [2.45, 2.75) is 45.1 Å². The molecule has 0 radical (unpaired) electrons. The minimum absolute atomic E-state index is 0.163. The van der Waals surface area contributed by atoms with E-state index in [9.17, 15) is 9.59 Å². The lowest BCUT2D eigenvalue weighted by Gasteiger charge is -2.25. The lowest BCUT2D eigenvalue weighted by atomic mass is 10.0. The number of nitrogens with zero attached hydrogens (tertiary/aromatic N) is 1. The standard InChI is InChI=1S/C15H23N3O3S/c1-15(2,14(20)16-9-10-6-4-5-7-10)17-13(19)11-8-12(21-3)18-22-11/h8,10H,4-7,9H2,1-3H3,(H,16,20)(H,17,19). The highest BCUT2D eigenvalue weighted by molar-refractivity contribution is 7.08. The van der Waals surface area contributed by atoms with Gasteiger partial charge in [0.1, 0.15) is 10.4 Å². The van der Waals surface area contributed by atoms with Crippen molar-refractivity contribution in [1.29, 1.82) is 0 Å². The molecule has 2 N–H and O–H groups in total. The molecule has 0 spiro atoms. The molecule has 2 amide bonds. The molecule has 1 saturated carbocycles. The Bertz CT molecular complexity index is 536. The molecule has 1 aliphatic carbocycles. The summed E-state index contributed by atoms with van der Waals surface area (Å²) >= 11 is 1.05. The molecule has 1 fully saturated rings. The summed E-state index contributed by atoms with van der Waals surface area (Å²) in [5, 5.41) is 5.70. The van der Waals surface area contributed by atoms with Gasteiger partial charge in [0.05, 0.1) is 7.11 Å².